The molecule has 1 amide bonds. The molecule has 0 bridgehead atoms. The molecule has 8 nitrogen and oxygen atoms in total. The maximum Gasteiger partial charge on any atom is 0.254 e. The van der Waals surface area contributed by atoms with Crippen molar-refractivity contribution in [2.45, 2.75) is 6.54 Å². The van der Waals surface area contributed by atoms with E-state index in [4.69, 9.17) is 4.74 Å². The van der Waals surface area contributed by atoms with Crippen LogP contribution >= 0.6 is 0 Å². The van der Waals surface area contributed by atoms with Crippen molar-refractivity contribution in [3.05, 3.63) is 48.0 Å². The fourth-order valence-electron chi connectivity index (χ4n) is 2.46. The predicted octanol–water partition coefficient (Wildman–Crippen LogP) is 0.546. The van der Waals surface area contributed by atoms with Crippen LogP contribution in [0.2, 0.25) is 0 Å². The topological polar surface area (TPSA) is 92.3 Å². The van der Waals surface area contributed by atoms with Gasteiger partial charge in [0.1, 0.15) is 0 Å². The summed E-state index contributed by atoms with van der Waals surface area (Å²) in [7, 11) is 0. The lowest BCUT2D eigenvalue weighted by molar-refractivity contribution is 0.0383. The van der Waals surface area contributed by atoms with Gasteiger partial charge in [0.25, 0.3) is 5.91 Å². The summed E-state index contributed by atoms with van der Waals surface area (Å²) < 4.78 is 5.30. The van der Waals surface area contributed by atoms with Crippen molar-refractivity contribution in [2.75, 3.05) is 44.7 Å². The summed E-state index contributed by atoms with van der Waals surface area (Å²) in [5.74, 6) is 0.306. The molecule has 3 rings (SSSR count). The fraction of sp³-hybridized carbons (Fsp3) is 0.412. The SMILES string of the molecule is O=C(NCCN1CCOCC1)c1cnc(NCc2ccccn2)nc1. The molecule has 0 saturated carbocycles. The lowest BCUT2D eigenvalue weighted by atomic mass is 10.3. The Morgan fingerprint density at radius 3 is 2.68 bits per heavy atom. The van der Waals surface area contributed by atoms with E-state index >= 15 is 0 Å². The first-order chi connectivity index (χ1) is 12.3. The minimum absolute atomic E-state index is 0.162. The zero-order valence-electron chi connectivity index (χ0n) is 14.0. The van der Waals surface area contributed by atoms with E-state index in [9.17, 15) is 4.79 Å². The van der Waals surface area contributed by atoms with Gasteiger partial charge in [0, 0.05) is 44.8 Å². The van der Waals surface area contributed by atoms with Gasteiger partial charge in [0.15, 0.2) is 0 Å². The highest BCUT2D eigenvalue weighted by atomic mass is 16.5. The van der Waals surface area contributed by atoms with Crippen molar-refractivity contribution in [1.29, 1.82) is 0 Å². The molecular weight excluding hydrogens is 320 g/mol. The van der Waals surface area contributed by atoms with E-state index in [0.29, 0.717) is 24.6 Å². The number of aromatic nitrogens is 3. The molecule has 0 unspecified atom stereocenters. The Labute approximate surface area is 146 Å². The number of amides is 1. The minimum atomic E-state index is -0.162. The largest absolute Gasteiger partial charge is 0.379 e. The van der Waals surface area contributed by atoms with E-state index in [1.165, 1.54) is 12.4 Å². The first-order valence-electron chi connectivity index (χ1n) is 8.35. The van der Waals surface area contributed by atoms with Crippen molar-refractivity contribution < 1.29 is 9.53 Å². The van der Waals surface area contributed by atoms with Crippen LogP contribution in [0.25, 0.3) is 0 Å². The van der Waals surface area contributed by atoms with Gasteiger partial charge >= 0.3 is 0 Å². The summed E-state index contributed by atoms with van der Waals surface area (Å²) in [6.45, 7) is 5.29. The molecule has 2 N–H and O–H groups in total. The molecule has 0 aromatic carbocycles. The van der Waals surface area contributed by atoms with Crippen molar-refractivity contribution in [2.24, 2.45) is 0 Å². The Morgan fingerprint density at radius 2 is 1.96 bits per heavy atom. The van der Waals surface area contributed by atoms with E-state index in [1.807, 2.05) is 18.2 Å². The fourth-order valence-corrected chi connectivity index (χ4v) is 2.46. The monoisotopic (exact) mass is 342 g/mol. The molecular formula is C17H22N6O2. The van der Waals surface area contributed by atoms with Crippen molar-refractivity contribution in [3.63, 3.8) is 0 Å². The lowest BCUT2D eigenvalue weighted by Gasteiger charge is -2.26. The van der Waals surface area contributed by atoms with Crippen LogP contribution < -0.4 is 10.6 Å². The summed E-state index contributed by atoms with van der Waals surface area (Å²) in [4.78, 5) is 26.9. The van der Waals surface area contributed by atoms with E-state index in [2.05, 4.69) is 30.5 Å². The second kappa shape index (κ2) is 9.05. The average Bonchev–Trinajstić information content (AvgIpc) is 2.68. The van der Waals surface area contributed by atoms with Gasteiger partial charge in [-0.25, -0.2) is 9.97 Å². The molecule has 1 aliphatic heterocycles. The molecule has 0 spiro atoms. The van der Waals surface area contributed by atoms with Crippen LogP contribution in [0, 0.1) is 0 Å². The van der Waals surface area contributed by atoms with Crippen LogP contribution in [0.1, 0.15) is 16.1 Å². The van der Waals surface area contributed by atoms with Crippen LogP contribution in [0.3, 0.4) is 0 Å². The second-order valence-corrected chi connectivity index (χ2v) is 5.68. The standard InChI is InChI=1S/C17H22N6O2/c24-16(19-5-6-23-7-9-25-10-8-23)14-11-20-17(21-12-14)22-13-15-3-1-2-4-18-15/h1-4,11-12H,5-10,13H2,(H,19,24)(H,20,21,22). The predicted molar refractivity (Wildman–Crippen MR) is 93.2 cm³/mol. The summed E-state index contributed by atoms with van der Waals surface area (Å²) in [6, 6.07) is 5.71. The number of rotatable bonds is 7. The third-order valence-electron chi connectivity index (χ3n) is 3.89. The lowest BCUT2D eigenvalue weighted by Crippen LogP contribution is -2.41. The van der Waals surface area contributed by atoms with E-state index < -0.39 is 0 Å². The molecule has 3 heterocycles. The number of ether oxygens (including phenoxy) is 1. The minimum Gasteiger partial charge on any atom is -0.379 e. The Kier molecular flexibility index (Phi) is 6.24. The van der Waals surface area contributed by atoms with Crippen LogP contribution in [0.4, 0.5) is 5.95 Å². The summed E-state index contributed by atoms with van der Waals surface area (Å²) in [5, 5.41) is 5.97. The molecule has 2 aromatic heterocycles. The Balaban J connectivity index is 1.42. The molecule has 0 aliphatic carbocycles. The molecule has 132 valence electrons. The number of carbonyl (C=O) groups is 1. The highest BCUT2D eigenvalue weighted by molar-refractivity contribution is 5.93. The number of pyridine rings is 1. The Morgan fingerprint density at radius 1 is 1.16 bits per heavy atom. The zero-order chi connectivity index (χ0) is 17.3. The number of morpholine rings is 1. The summed E-state index contributed by atoms with van der Waals surface area (Å²) in [5.41, 5.74) is 1.35. The van der Waals surface area contributed by atoms with Crippen molar-refractivity contribution >= 4 is 11.9 Å². The quantitative estimate of drug-likeness (QED) is 0.759. The Bertz CT molecular complexity index is 659. The van der Waals surface area contributed by atoms with Crippen LogP contribution in [0.5, 0.6) is 0 Å². The molecule has 1 fully saturated rings. The van der Waals surface area contributed by atoms with Gasteiger partial charge in [0.05, 0.1) is 31.0 Å². The number of hydrogen-bond acceptors (Lipinski definition) is 7. The van der Waals surface area contributed by atoms with E-state index in [-0.39, 0.29) is 5.91 Å². The maximum absolute atomic E-state index is 12.1. The van der Waals surface area contributed by atoms with Gasteiger partial charge in [-0.05, 0) is 12.1 Å². The highest BCUT2D eigenvalue weighted by Gasteiger charge is 2.11. The first kappa shape index (κ1) is 17.2. The molecule has 8 heteroatoms. The third-order valence-corrected chi connectivity index (χ3v) is 3.89. The Hall–Kier alpha value is -2.58. The van der Waals surface area contributed by atoms with Gasteiger partial charge in [-0.1, -0.05) is 6.07 Å². The molecule has 2 aromatic rings. The third kappa shape index (κ3) is 5.47. The molecule has 0 radical (unpaired) electrons. The van der Waals surface area contributed by atoms with Gasteiger partial charge in [0.2, 0.25) is 5.95 Å². The van der Waals surface area contributed by atoms with Crippen LogP contribution in [0.15, 0.2) is 36.8 Å². The maximum atomic E-state index is 12.1. The molecule has 25 heavy (non-hydrogen) atoms. The van der Waals surface area contributed by atoms with E-state index in [1.54, 1.807) is 6.20 Å². The number of nitrogens with zero attached hydrogens (tertiary/aromatic N) is 4. The normalized spacial score (nSPS) is 14.9. The van der Waals surface area contributed by atoms with Crippen molar-refractivity contribution in [1.82, 2.24) is 25.2 Å². The van der Waals surface area contributed by atoms with Gasteiger partial charge < -0.3 is 15.4 Å². The molecule has 0 atom stereocenters. The van der Waals surface area contributed by atoms with Gasteiger partial charge in [-0.15, -0.1) is 0 Å². The van der Waals surface area contributed by atoms with Gasteiger partial charge in [-0.2, -0.15) is 0 Å². The van der Waals surface area contributed by atoms with Gasteiger partial charge in [-0.3, -0.25) is 14.7 Å². The summed E-state index contributed by atoms with van der Waals surface area (Å²) >= 11 is 0. The molecule has 1 saturated heterocycles. The molecule has 1 aliphatic rings. The van der Waals surface area contributed by atoms with E-state index in [0.717, 1.165) is 38.5 Å². The van der Waals surface area contributed by atoms with Crippen LogP contribution in [-0.2, 0) is 11.3 Å². The summed E-state index contributed by atoms with van der Waals surface area (Å²) in [6.07, 6.45) is 4.79. The first-order valence-corrected chi connectivity index (χ1v) is 8.35. The number of hydrogen-bond donors (Lipinski definition) is 2. The number of nitrogens with one attached hydrogen (secondary N) is 2. The smallest absolute Gasteiger partial charge is 0.254 e. The van der Waals surface area contributed by atoms with Crippen LogP contribution in [-0.4, -0.2) is 65.2 Å². The zero-order valence-corrected chi connectivity index (χ0v) is 14.0. The number of carbonyl (C=O) groups excluding carboxylic acids is 1. The highest BCUT2D eigenvalue weighted by Crippen LogP contribution is 2.03. The second-order valence-electron chi connectivity index (χ2n) is 5.68. The average molecular weight is 342 g/mol. The van der Waals surface area contributed by atoms with Crippen molar-refractivity contribution in [3.8, 4) is 0 Å². The number of anilines is 1.